The zero-order chi connectivity index (χ0) is 9.84. The highest BCUT2D eigenvalue weighted by atomic mass is 15.3. The molecule has 1 aromatic rings. The largest absolute Gasteiger partial charge is 0.326 e. The molecule has 0 saturated carbocycles. The molecule has 0 saturated heterocycles. The van der Waals surface area contributed by atoms with Gasteiger partial charge in [-0.3, -0.25) is 4.68 Å². The highest BCUT2D eigenvalue weighted by molar-refractivity contribution is 4.95. The van der Waals surface area contributed by atoms with Gasteiger partial charge in [-0.25, -0.2) is 0 Å². The standard InChI is InChI=1S/C10H19N3/c1-4-8(2)10(11)7-13-6-5-9(3)12-13/h5-6,8,10H,4,7,11H2,1-3H3. The van der Waals surface area contributed by atoms with E-state index in [1.807, 2.05) is 23.9 Å². The lowest BCUT2D eigenvalue weighted by atomic mass is 10.0. The molecule has 2 N–H and O–H groups in total. The van der Waals surface area contributed by atoms with Gasteiger partial charge in [0, 0.05) is 12.2 Å². The van der Waals surface area contributed by atoms with Gasteiger partial charge in [0.1, 0.15) is 0 Å². The molecule has 0 fully saturated rings. The van der Waals surface area contributed by atoms with E-state index >= 15 is 0 Å². The maximum Gasteiger partial charge on any atom is 0.0593 e. The van der Waals surface area contributed by atoms with E-state index in [4.69, 9.17) is 5.73 Å². The second-order valence-corrected chi connectivity index (χ2v) is 3.73. The number of hydrogen-bond donors (Lipinski definition) is 1. The minimum Gasteiger partial charge on any atom is -0.326 e. The van der Waals surface area contributed by atoms with Gasteiger partial charge in [0.2, 0.25) is 0 Å². The molecule has 0 spiro atoms. The number of nitrogens with two attached hydrogens (primary N) is 1. The average molecular weight is 181 g/mol. The topological polar surface area (TPSA) is 43.8 Å². The van der Waals surface area contributed by atoms with E-state index in [-0.39, 0.29) is 6.04 Å². The van der Waals surface area contributed by atoms with E-state index in [1.54, 1.807) is 0 Å². The van der Waals surface area contributed by atoms with Crippen LogP contribution in [0.1, 0.15) is 26.0 Å². The summed E-state index contributed by atoms with van der Waals surface area (Å²) in [5.41, 5.74) is 7.06. The Balaban J connectivity index is 2.49. The molecule has 0 aliphatic rings. The van der Waals surface area contributed by atoms with Gasteiger partial charge >= 0.3 is 0 Å². The van der Waals surface area contributed by atoms with Crippen molar-refractivity contribution >= 4 is 0 Å². The van der Waals surface area contributed by atoms with Crippen molar-refractivity contribution in [2.24, 2.45) is 11.7 Å². The quantitative estimate of drug-likeness (QED) is 0.766. The Bertz CT molecular complexity index is 254. The van der Waals surface area contributed by atoms with Gasteiger partial charge in [-0.2, -0.15) is 5.10 Å². The lowest BCUT2D eigenvalue weighted by molar-refractivity contribution is 0.381. The summed E-state index contributed by atoms with van der Waals surface area (Å²) in [4.78, 5) is 0. The highest BCUT2D eigenvalue weighted by Gasteiger charge is 2.11. The smallest absolute Gasteiger partial charge is 0.0593 e. The van der Waals surface area contributed by atoms with Crippen LogP contribution in [0, 0.1) is 12.8 Å². The Hall–Kier alpha value is -0.830. The highest BCUT2D eigenvalue weighted by Crippen LogP contribution is 2.07. The van der Waals surface area contributed by atoms with Crippen LogP contribution < -0.4 is 5.73 Å². The molecule has 2 atom stereocenters. The second-order valence-electron chi connectivity index (χ2n) is 3.73. The van der Waals surface area contributed by atoms with Crippen molar-refractivity contribution in [2.75, 3.05) is 0 Å². The van der Waals surface area contributed by atoms with Crippen LogP contribution in [-0.2, 0) is 6.54 Å². The minimum atomic E-state index is 0.212. The van der Waals surface area contributed by atoms with E-state index in [0.29, 0.717) is 5.92 Å². The van der Waals surface area contributed by atoms with Crippen LogP contribution >= 0.6 is 0 Å². The summed E-state index contributed by atoms with van der Waals surface area (Å²) < 4.78 is 1.92. The summed E-state index contributed by atoms with van der Waals surface area (Å²) in [6.07, 6.45) is 3.11. The third-order valence-corrected chi connectivity index (χ3v) is 2.55. The van der Waals surface area contributed by atoms with Crippen molar-refractivity contribution < 1.29 is 0 Å². The van der Waals surface area contributed by atoms with Gasteiger partial charge in [0.25, 0.3) is 0 Å². The fourth-order valence-corrected chi connectivity index (χ4v) is 1.26. The molecule has 0 aliphatic carbocycles. The van der Waals surface area contributed by atoms with Crippen LogP contribution in [0.5, 0.6) is 0 Å². The molecular weight excluding hydrogens is 162 g/mol. The summed E-state index contributed by atoms with van der Waals surface area (Å²) in [7, 11) is 0. The molecule has 74 valence electrons. The van der Waals surface area contributed by atoms with Crippen LogP contribution in [0.3, 0.4) is 0 Å². The summed E-state index contributed by atoms with van der Waals surface area (Å²) in [6, 6.07) is 2.22. The van der Waals surface area contributed by atoms with Crippen molar-refractivity contribution in [1.82, 2.24) is 9.78 Å². The monoisotopic (exact) mass is 181 g/mol. The molecule has 0 aromatic carbocycles. The molecule has 1 rings (SSSR count). The first-order valence-corrected chi connectivity index (χ1v) is 4.89. The molecule has 13 heavy (non-hydrogen) atoms. The van der Waals surface area contributed by atoms with Gasteiger partial charge in [0.15, 0.2) is 0 Å². The van der Waals surface area contributed by atoms with Crippen molar-refractivity contribution in [3.63, 3.8) is 0 Å². The number of aryl methyl sites for hydroxylation is 1. The average Bonchev–Trinajstić information content (AvgIpc) is 2.49. The molecule has 3 nitrogen and oxygen atoms in total. The van der Waals surface area contributed by atoms with Gasteiger partial charge in [-0.05, 0) is 18.9 Å². The van der Waals surface area contributed by atoms with E-state index < -0.39 is 0 Å². The van der Waals surface area contributed by atoms with Gasteiger partial charge in [0.05, 0.1) is 12.2 Å². The number of rotatable bonds is 4. The maximum atomic E-state index is 6.01. The minimum absolute atomic E-state index is 0.212. The van der Waals surface area contributed by atoms with Crippen molar-refractivity contribution in [3.05, 3.63) is 18.0 Å². The lowest BCUT2D eigenvalue weighted by Gasteiger charge is -2.17. The Kier molecular flexibility index (Phi) is 3.48. The predicted molar refractivity (Wildman–Crippen MR) is 54.4 cm³/mol. The van der Waals surface area contributed by atoms with Gasteiger partial charge in [-0.1, -0.05) is 20.3 Å². The molecule has 0 amide bonds. The van der Waals surface area contributed by atoms with Crippen LogP contribution in [0.25, 0.3) is 0 Å². The van der Waals surface area contributed by atoms with Crippen molar-refractivity contribution in [2.45, 2.75) is 39.8 Å². The van der Waals surface area contributed by atoms with Crippen LogP contribution in [-0.4, -0.2) is 15.8 Å². The molecule has 0 aliphatic heterocycles. The Morgan fingerprint density at radius 3 is 2.77 bits per heavy atom. The third kappa shape index (κ3) is 2.84. The molecule has 2 unspecified atom stereocenters. The molecule has 0 radical (unpaired) electrons. The molecule has 1 aromatic heterocycles. The van der Waals surface area contributed by atoms with E-state index in [9.17, 15) is 0 Å². The third-order valence-electron chi connectivity index (χ3n) is 2.55. The first kappa shape index (κ1) is 10.3. The summed E-state index contributed by atoms with van der Waals surface area (Å²) in [6.45, 7) is 7.16. The Morgan fingerprint density at radius 1 is 1.62 bits per heavy atom. The normalized spacial score (nSPS) is 15.7. The molecule has 3 heteroatoms. The van der Waals surface area contributed by atoms with Crippen LogP contribution in [0.15, 0.2) is 12.3 Å². The Morgan fingerprint density at radius 2 is 2.31 bits per heavy atom. The first-order chi connectivity index (χ1) is 6.13. The molecule has 1 heterocycles. The molecular formula is C10H19N3. The molecule has 0 bridgehead atoms. The lowest BCUT2D eigenvalue weighted by Crippen LogP contribution is -2.32. The number of aromatic nitrogens is 2. The van der Waals surface area contributed by atoms with Crippen molar-refractivity contribution in [1.29, 1.82) is 0 Å². The summed E-state index contributed by atoms with van der Waals surface area (Å²) >= 11 is 0. The first-order valence-electron chi connectivity index (χ1n) is 4.89. The van der Waals surface area contributed by atoms with Gasteiger partial charge < -0.3 is 5.73 Å². The van der Waals surface area contributed by atoms with Crippen molar-refractivity contribution in [3.8, 4) is 0 Å². The zero-order valence-electron chi connectivity index (χ0n) is 8.70. The summed E-state index contributed by atoms with van der Waals surface area (Å²) in [5.74, 6) is 0.560. The van der Waals surface area contributed by atoms with Gasteiger partial charge in [-0.15, -0.1) is 0 Å². The fourth-order valence-electron chi connectivity index (χ4n) is 1.26. The second kappa shape index (κ2) is 4.42. The number of hydrogen-bond acceptors (Lipinski definition) is 2. The van der Waals surface area contributed by atoms with Crippen LogP contribution in [0.4, 0.5) is 0 Å². The van der Waals surface area contributed by atoms with E-state index in [1.165, 1.54) is 0 Å². The van der Waals surface area contributed by atoms with E-state index in [0.717, 1.165) is 18.7 Å². The SMILES string of the molecule is CCC(C)C(N)Cn1ccc(C)n1. The summed E-state index contributed by atoms with van der Waals surface area (Å²) in [5, 5.41) is 4.30. The van der Waals surface area contributed by atoms with E-state index in [2.05, 4.69) is 18.9 Å². The number of nitrogens with zero attached hydrogens (tertiary/aromatic N) is 2. The Labute approximate surface area is 79.9 Å². The maximum absolute atomic E-state index is 6.01. The predicted octanol–water partition coefficient (Wildman–Crippen LogP) is 1.56. The fraction of sp³-hybridized carbons (Fsp3) is 0.700. The zero-order valence-corrected chi connectivity index (χ0v) is 8.70. The van der Waals surface area contributed by atoms with Crippen LogP contribution in [0.2, 0.25) is 0 Å².